The molecule has 3 aromatic rings. The number of hydrogen-bond donors (Lipinski definition) is 2. The number of aryl methyl sites for hydroxylation is 1. The van der Waals surface area contributed by atoms with Crippen molar-refractivity contribution in [1.29, 1.82) is 0 Å². The summed E-state index contributed by atoms with van der Waals surface area (Å²) in [4.78, 5) is 51.7. The lowest BCUT2D eigenvalue weighted by Gasteiger charge is -2.27. The van der Waals surface area contributed by atoms with Gasteiger partial charge in [0, 0.05) is 21.3 Å². The molecule has 0 atom stereocenters. The maximum atomic E-state index is 13.3. The van der Waals surface area contributed by atoms with Gasteiger partial charge in [-0.25, -0.2) is 9.69 Å². The van der Waals surface area contributed by atoms with Gasteiger partial charge in [-0.3, -0.25) is 19.7 Å². The monoisotopic (exact) mass is 537 g/mol. The number of urea groups is 1. The zero-order valence-electron chi connectivity index (χ0n) is 19.8. The van der Waals surface area contributed by atoms with Gasteiger partial charge in [-0.1, -0.05) is 53.5 Å². The van der Waals surface area contributed by atoms with Crippen LogP contribution in [0.5, 0.6) is 5.75 Å². The molecule has 1 aliphatic rings. The van der Waals surface area contributed by atoms with E-state index in [1.165, 1.54) is 6.08 Å². The van der Waals surface area contributed by atoms with Gasteiger partial charge in [0.25, 0.3) is 17.7 Å². The number of benzene rings is 3. The van der Waals surface area contributed by atoms with Crippen molar-refractivity contribution in [1.82, 2.24) is 5.32 Å². The average Bonchev–Trinajstić information content (AvgIpc) is 2.86. The van der Waals surface area contributed by atoms with Gasteiger partial charge < -0.3 is 10.1 Å². The number of carbonyl (C=O) groups is 4. The van der Waals surface area contributed by atoms with Crippen LogP contribution in [0.25, 0.3) is 6.08 Å². The summed E-state index contributed by atoms with van der Waals surface area (Å²) in [5.74, 6) is -1.84. The van der Waals surface area contributed by atoms with Crippen molar-refractivity contribution < 1.29 is 23.9 Å². The van der Waals surface area contributed by atoms with Crippen molar-refractivity contribution in [2.45, 2.75) is 13.8 Å². The van der Waals surface area contributed by atoms with E-state index in [0.29, 0.717) is 26.9 Å². The fraction of sp³-hybridized carbons (Fsp3) is 0.111. The number of halogens is 2. The maximum absolute atomic E-state index is 13.3. The first-order valence-corrected chi connectivity index (χ1v) is 11.9. The number of imide groups is 2. The molecule has 0 bridgehead atoms. The molecule has 8 nitrogen and oxygen atoms in total. The van der Waals surface area contributed by atoms with Crippen molar-refractivity contribution in [3.05, 3.63) is 93.0 Å². The maximum Gasteiger partial charge on any atom is 0.335 e. The number of ether oxygens (including phenoxy) is 1. The molecular weight excluding hydrogens is 517 g/mol. The minimum absolute atomic E-state index is 0.255. The van der Waals surface area contributed by atoms with Crippen LogP contribution in [0, 0.1) is 13.8 Å². The fourth-order valence-corrected chi connectivity index (χ4v) is 3.96. The first-order valence-electron chi connectivity index (χ1n) is 11.1. The van der Waals surface area contributed by atoms with Gasteiger partial charge in [-0.15, -0.1) is 0 Å². The molecule has 1 saturated heterocycles. The summed E-state index contributed by atoms with van der Waals surface area (Å²) in [7, 11) is 0. The third-order valence-corrected chi connectivity index (χ3v) is 6.43. The van der Waals surface area contributed by atoms with Crippen LogP contribution in [0.2, 0.25) is 10.0 Å². The Kier molecular flexibility index (Phi) is 7.61. The van der Waals surface area contributed by atoms with E-state index in [1.807, 2.05) is 6.92 Å². The van der Waals surface area contributed by atoms with Gasteiger partial charge in [0.1, 0.15) is 11.3 Å². The number of carbonyl (C=O) groups excluding carboxylic acids is 4. The highest BCUT2D eigenvalue weighted by Crippen LogP contribution is 2.30. The zero-order chi connectivity index (χ0) is 26.7. The minimum atomic E-state index is -0.880. The van der Waals surface area contributed by atoms with E-state index < -0.39 is 23.8 Å². The molecular formula is C27H21Cl2N3O5. The minimum Gasteiger partial charge on any atom is -0.483 e. The summed E-state index contributed by atoms with van der Waals surface area (Å²) in [5.41, 5.74) is 2.24. The highest BCUT2D eigenvalue weighted by atomic mass is 35.5. The molecule has 5 amide bonds. The smallest absolute Gasteiger partial charge is 0.335 e. The predicted molar refractivity (Wildman–Crippen MR) is 142 cm³/mol. The van der Waals surface area contributed by atoms with E-state index in [9.17, 15) is 19.2 Å². The number of para-hydroxylation sites is 1. The van der Waals surface area contributed by atoms with Crippen molar-refractivity contribution in [3.63, 3.8) is 0 Å². The van der Waals surface area contributed by atoms with Crippen molar-refractivity contribution >= 4 is 64.4 Å². The average molecular weight is 538 g/mol. The third kappa shape index (κ3) is 5.66. The molecule has 0 saturated carbocycles. The lowest BCUT2D eigenvalue weighted by atomic mass is 10.0. The molecule has 0 spiro atoms. The molecule has 0 unspecified atom stereocenters. The zero-order valence-corrected chi connectivity index (χ0v) is 21.3. The number of barbiturate groups is 1. The van der Waals surface area contributed by atoms with Gasteiger partial charge in [-0.05, 0) is 61.4 Å². The van der Waals surface area contributed by atoms with Gasteiger partial charge >= 0.3 is 6.03 Å². The molecule has 37 heavy (non-hydrogen) atoms. The Morgan fingerprint density at radius 2 is 1.76 bits per heavy atom. The van der Waals surface area contributed by atoms with Gasteiger partial charge in [0.05, 0.1) is 5.69 Å². The van der Waals surface area contributed by atoms with Crippen molar-refractivity contribution in [3.8, 4) is 5.75 Å². The summed E-state index contributed by atoms with van der Waals surface area (Å²) < 4.78 is 5.67. The van der Waals surface area contributed by atoms with Crippen LogP contribution in [-0.4, -0.2) is 30.4 Å². The quantitative estimate of drug-likeness (QED) is 0.328. The standard InChI is InChI=1S/C27H21Cl2N3O5/c1-15-10-11-18(13-21(15)29)30-24(33)14-37-23-9-4-3-6-17(23)12-19-25(34)31-27(36)32(26(19)35)22-8-5-7-20(28)16(22)2/h3-13H,14H2,1-2H3,(H,30,33)(H,31,34,36)/b19-12-. The Morgan fingerprint density at radius 1 is 1.00 bits per heavy atom. The van der Waals surface area contributed by atoms with E-state index in [0.717, 1.165) is 10.5 Å². The van der Waals surface area contributed by atoms with Gasteiger partial charge in [-0.2, -0.15) is 0 Å². The van der Waals surface area contributed by atoms with Gasteiger partial charge in [0.2, 0.25) is 0 Å². The van der Waals surface area contributed by atoms with Crippen LogP contribution in [-0.2, 0) is 14.4 Å². The highest BCUT2D eigenvalue weighted by Gasteiger charge is 2.37. The largest absolute Gasteiger partial charge is 0.483 e. The Morgan fingerprint density at radius 3 is 2.51 bits per heavy atom. The Bertz CT molecular complexity index is 1470. The molecule has 0 radical (unpaired) electrons. The summed E-state index contributed by atoms with van der Waals surface area (Å²) in [6, 6.07) is 15.6. The van der Waals surface area contributed by atoms with Crippen LogP contribution < -0.4 is 20.3 Å². The molecule has 2 N–H and O–H groups in total. The normalized spacial score (nSPS) is 14.5. The number of rotatable bonds is 6. The summed E-state index contributed by atoms with van der Waals surface area (Å²) >= 11 is 12.3. The number of hydrogen-bond acceptors (Lipinski definition) is 5. The van der Waals surface area contributed by atoms with Crippen LogP contribution in [0.3, 0.4) is 0 Å². The third-order valence-electron chi connectivity index (χ3n) is 5.61. The van der Waals surface area contributed by atoms with Crippen molar-refractivity contribution in [2.24, 2.45) is 0 Å². The molecule has 3 aromatic carbocycles. The summed E-state index contributed by atoms with van der Waals surface area (Å²) in [6.45, 7) is 3.18. The molecule has 1 aliphatic heterocycles. The number of nitrogens with one attached hydrogen (secondary N) is 2. The molecule has 0 aliphatic carbocycles. The first kappa shape index (κ1) is 25.9. The number of anilines is 2. The summed E-state index contributed by atoms with van der Waals surface area (Å²) in [5, 5.41) is 5.76. The van der Waals surface area contributed by atoms with E-state index in [4.69, 9.17) is 27.9 Å². The lowest BCUT2D eigenvalue weighted by Crippen LogP contribution is -2.54. The molecule has 1 heterocycles. The van der Waals surface area contributed by atoms with E-state index >= 15 is 0 Å². The molecule has 1 fully saturated rings. The highest BCUT2D eigenvalue weighted by molar-refractivity contribution is 6.40. The van der Waals surface area contributed by atoms with Crippen LogP contribution in [0.1, 0.15) is 16.7 Å². The predicted octanol–water partition coefficient (Wildman–Crippen LogP) is 5.29. The topological polar surface area (TPSA) is 105 Å². The molecule has 10 heteroatoms. The van der Waals surface area contributed by atoms with Crippen LogP contribution in [0.15, 0.2) is 66.2 Å². The van der Waals surface area contributed by atoms with E-state index in [1.54, 1.807) is 67.6 Å². The Balaban J connectivity index is 1.56. The fourth-order valence-electron chi connectivity index (χ4n) is 3.61. The summed E-state index contributed by atoms with van der Waals surface area (Å²) in [6.07, 6.45) is 1.31. The SMILES string of the molecule is Cc1ccc(NC(=O)COc2ccccc2/C=C2/C(=O)NC(=O)N(c3cccc(Cl)c3C)C2=O)cc1Cl. The second kappa shape index (κ2) is 10.9. The molecule has 188 valence electrons. The number of amides is 5. The second-order valence-corrected chi connectivity index (χ2v) is 8.99. The Labute approximate surface area is 222 Å². The van der Waals surface area contributed by atoms with E-state index in [-0.39, 0.29) is 23.6 Å². The number of nitrogens with zero attached hydrogens (tertiary/aromatic N) is 1. The Hall–Kier alpha value is -4.14. The molecule has 0 aromatic heterocycles. The van der Waals surface area contributed by atoms with Gasteiger partial charge in [0.15, 0.2) is 6.61 Å². The van der Waals surface area contributed by atoms with Crippen LogP contribution >= 0.6 is 23.2 Å². The molecule has 4 rings (SSSR count). The van der Waals surface area contributed by atoms with E-state index in [2.05, 4.69) is 10.6 Å². The van der Waals surface area contributed by atoms with Crippen molar-refractivity contribution in [2.75, 3.05) is 16.8 Å². The lowest BCUT2D eigenvalue weighted by molar-refractivity contribution is -0.122. The van der Waals surface area contributed by atoms with Crippen LogP contribution in [0.4, 0.5) is 16.2 Å². The second-order valence-electron chi connectivity index (χ2n) is 8.18. The first-order chi connectivity index (χ1) is 17.7.